The number of nitrogens with zero attached hydrogens (tertiary/aromatic N) is 2. The number of hydrogen-bond acceptors (Lipinski definition) is 4. The summed E-state index contributed by atoms with van der Waals surface area (Å²) in [5.74, 6) is 0.852. The van der Waals surface area contributed by atoms with Gasteiger partial charge >= 0.3 is 0 Å². The second-order valence-corrected chi connectivity index (χ2v) is 11.3. The highest BCUT2D eigenvalue weighted by Gasteiger charge is 2.17. The van der Waals surface area contributed by atoms with Crippen LogP contribution in [0.1, 0.15) is 16.9 Å². The first kappa shape index (κ1) is 27.4. The van der Waals surface area contributed by atoms with Crippen molar-refractivity contribution in [2.45, 2.75) is 6.92 Å². The SMILES string of the molecule is C=N/C(=C\c1c(C)oc2ccccc12)c1ccc(N(c2ccc(-c3ccccc3)cc2)c2ccc3c(c2)oc2ccccc23)cc1. The predicted molar refractivity (Wildman–Crippen MR) is 192 cm³/mol. The van der Waals surface area contributed by atoms with Crippen molar-refractivity contribution in [1.82, 2.24) is 0 Å². The maximum atomic E-state index is 6.29. The number of fused-ring (bicyclic) bond motifs is 4. The molecule has 4 nitrogen and oxygen atoms in total. The van der Waals surface area contributed by atoms with Crippen LogP contribution in [0.5, 0.6) is 0 Å². The van der Waals surface area contributed by atoms with Crippen LogP contribution in [0.15, 0.2) is 159 Å². The summed E-state index contributed by atoms with van der Waals surface area (Å²) in [6, 6.07) is 50.2. The fourth-order valence-electron chi connectivity index (χ4n) is 6.24. The quantitative estimate of drug-likeness (QED) is 0.172. The van der Waals surface area contributed by atoms with Gasteiger partial charge in [0.2, 0.25) is 0 Å². The maximum absolute atomic E-state index is 6.29. The van der Waals surface area contributed by atoms with Crippen molar-refractivity contribution in [3.8, 4) is 11.1 Å². The molecule has 0 radical (unpaired) electrons. The number of para-hydroxylation sites is 2. The standard InChI is InChI=1S/C42H30N2O2/c1-28-38(36-13-7-8-14-40(36)45-28)27-39(43-2)31-18-22-33(23-19-31)44(32-20-16-30(17-21-32)29-10-4-3-5-11-29)34-24-25-37-35-12-6-9-15-41(35)46-42(37)26-34/h3-27H,2H2,1H3/b39-27-. The molecule has 0 unspecified atom stereocenters. The molecule has 6 aromatic carbocycles. The molecule has 0 amide bonds. The van der Waals surface area contributed by atoms with Gasteiger partial charge in [-0.1, -0.05) is 91.0 Å². The first-order valence-electron chi connectivity index (χ1n) is 15.3. The van der Waals surface area contributed by atoms with Gasteiger partial charge in [-0.2, -0.15) is 0 Å². The Kier molecular flexibility index (Phi) is 6.81. The van der Waals surface area contributed by atoms with E-state index in [0.717, 1.165) is 72.6 Å². The Balaban J connectivity index is 1.21. The van der Waals surface area contributed by atoms with Gasteiger partial charge in [0.15, 0.2) is 0 Å². The van der Waals surface area contributed by atoms with Crippen LogP contribution in [-0.4, -0.2) is 6.72 Å². The number of benzene rings is 6. The average Bonchev–Trinajstić information content (AvgIpc) is 3.64. The third-order valence-corrected chi connectivity index (χ3v) is 8.55. The van der Waals surface area contributed by atoms with Gasteiger partial charge < -0.3 is 13.7 Å². The van der Waals surface area contributed by atoms with E-state index in [0.29, 0.717) is 0 Å². The molecule has 8 rings (SSSR count). The molecule has 0 N–H and O–H groups in total. The molecule has 0 bridgehead atoms. The third kappa shape index (κ3) is 4.86. The van der Waals surface area contributed by atoms with Crippen molar-refractivity contribution in [1.29, 1.82) is 0 Å². The normalized spacial score (nSPS) is 11.8. The summed E-state index contributed by atoms with van der Waals surface area (Å²) in [7, 11) is 0. The number of aryl methyl sites for hydroxylation is 1. The lowest BCUT2D eigenvalue weighted by Crippen LogP contribution is -2.09. The van der Waals surface area contributed by atoms with Crippen molar-refractivity contribution in [3.63, 3.8) is 0 Å². The highest BCUT2D eigenvalue weighted by Crippen LogP contribution is 2.40. The zero-order valence-electron chi connectivity index (χ0n) is 25.4. The number of rotatable bonds is 7. The second-order valence-electron chi connectivity index (χ2n) is 11.3. The second kappa shape index (κ2) is 11.4. The summed E-state index contributed by atoms with van der Waals surface area (Å²) in [6.45, 7) is 5.87. The number of furan rings is 2. The topological polar surface area (TPSA) is 41.9 Å². The fraction of sp³-hybridized carbons (Fsp3) is 0.0238. The van der Waals surface area contributed by atoms with Crippen molar-refractivity contribution in [2.24, 2.45) is 4.99 Å². The summed E-state index contributed by atoms with van der Waals surface area (Å²) < 4.78 is 12.3. The van der Waals surface area contributed by atoms with Crippen molar-refractivity contribution in [2.75, 3.05) is 4.90 Å². The van der Waals surface area contributed by atoms with Crippen LogP contribution in [0.3, 0.4) is 0 Å². The first-order valence-corrected chi connectivity index (χ1v) is 15.3. The largest absolute Gasteiger partial charge is 0.461 e. The molecule has 0 aliphatic heterocycles. The van der Waals surface area contributed by atoms with Gasteiger partial charge in [-0.15, -0.1) is 0 Å². The summed E-state index contributed by atoms with van der Waals surface area (Å²) in [5.41, 5.74) is 10.8. The van der Waals surface area contributed by atoms with Crippen LogP contribution in [0.2, 0.25) is 0 Å². The molecule has 2 heterocycles. The Morgan fingerprint density at radius 3 is 1.85 bits per heavy atom. The summed E-state index contributed by atoms with van der Waals surface area (Å²) in [4.78, 5) is 6.66. The molecule has 46 heavy (non-hydrogen) atoms. The van der Waals surface area contributed by atoms with E-state index >= 15 is 0 Å². The molecule has 220 valence electrons. The molecule has 2 aromatic heterocycles. The van der Waals surface area contributed by atoms with Gasteiger partial charge in [-0.3, -0.25) is 4.99 Å². The highest BCUT2D eigenvalue weighted by molar-refractivity contribution is 6.06. The molecule has 0 aliphatic carbocycles. The van der Waals surface area contributed by atoms with Crippen LogP contribution in [0.25, 0.3) is 55.8 Å². The van der Waals surface area contributed by atoms with E-state index in [4.69, 9.17) is 8.83 Å². The molecule has 0 spiro atoms. The van der Waals surface area contributed by atoms with Gasteiger partial charge in [0.1, 0.15) is 22.5 Å². The molecule has 0 fully saturated rings. The zero-order valence-corrected chi connectivity index (χ0v) is 25.4. The summed E-state index contributed by atoms with van der Waals surface area (Å²) in [6.07, 6.45) is 2.05. The Morgan fingerprint density at radius 2 is 1.13 bits per heavy atom. The average molecular weight is 595 g/mol. The number of hydrogen-bond donors (Lipinski definition) is 0. The van der Waals surface area contributed by atoms with E-state index in [1.165, 1.54) is 11.1 Å². The smallest absolute Gasteiger partial charge is 0.137 e. The summed E-state index contributed by atoms with van der Waals surface area (Å²) in [5, 5.41) is 3.27. The summed E-state index contributed by atoms with van der Waals surface area (Å²) >= 11 is 0. The molecular formula is C42H30N2O2. The molecule has 0 atom stereocenters. The van der Waals surface area contributed by atoms with Gasteiger partial charge in [-0.05, 0) is 79.4 Å². The molecule has 0 aliphatic rings. The van der Waals surface area contributed by atoms with Gasteiger partial charge in [-0.25, -0.2) is 0 Å². The highest BCUT2D eigenvalue weighted by atomic mass is 16.3. The van der Waals surface area contributed by atoms with E-state index in [1.807, 2.05) is 49.4 Å². The van der Waals surface area contributed by atoms with Crippen LogP contribution >= 0.6 is 0 Å². The molecule has 0 saturated carbocycles. The van der Waals surface area contributed by atoms with Crippen LogP contribution in [0, 0.1) is 6.92 Å². The Bertz CT molecular complexity index is 2380. The zero-order chi connectivity index (χ0) is 31.0. The van der Waals surface area contributed by atoms with Gasteiger partial charge in [0.05, 0.1) is 5.70 Å². The van der Waals surface area contributed by atoms with E-state index < -0.39 is 0 Å². The first-order chi connectivity index (χ1) is 22.7. The number of aliphatic imine (C=N–C) groups is 1. The predicted octanol–water partition coefficient (Wildman–Crippen LogP) is 12.0. The lowest BCUT2D eigenvalue weighted by molar-refractivity contribution is 0.577. The molecule has 8 aromatic rings. The Morgan fingerprint density at radius 1 is 0.565 bits per heavy atom. The van der Waals surface area contributed by atoms with E-state index in [9.17, 15) is 0 Å². The molecule has 0 saturated heterocycles. The van der Waals surface area contributed by atoms with Crippen LogP contribution in [0.4, 0.5) is 17.1 Å². The van der Waals surface area contributed by atoms with Crippen molar-refractivity contribution < 1.29 is 8.83 Å². The molecular weight excluding hydrogens is 564 g/mol. The van der Waals surface area contributed by atoms with Crippen LogP contribution < -0.4 is 4.90 Å². The van der Waals surface area contributed by atoms with Gasteiger partial charge in [0.25, 0.3) is 0 Å². The monoisotopic (exact) mass is 594 g/mol. The Labute approximate surface area is 267 Å². The van der Waals surface area contributed by atoms with Crippen molar-refractivity contribution >= 4 is 68.5 Å². The molecule has 4 heteroatoms. The number of anilines is 3. The fourth-order valence-corrected chi connectivity index (χ4v) is 6.24. The van der Waals surface area contributed by atoms with Gasteiger partial charge in [0, 0.05) is 50.4 Å². The lowest BCUT2D eigenvalue weighted by atomic mass is 10.0. The van der Waals surface area contributed by atoms with E-state index in [1.54, 1.807) is 0 Å². The maximum Gasteiger partial charge on any atom is 0.137 e. The minimum absolute atomic E-state index is 0.781. The minimum atomic E-state index is 0.781. The van der Waals surface area contributed by atoms with E-state index in [-0.39, 0.29) is 0 Å². The minimum Gasteiger partial charge on any atom is -0.461 e. The lowest BCUT2D eigenvalue weighted by Gasteiger charge is -2.26. The van der Waals surface area contributed by atoms with Crippen LogP contribution in [-0.2, 0) is 0 Å². The van der Waals surface area contributed by atoms with Crippen molar-refractivity contribution in [3.05, 3.63) is 162 Å². The van der Waals surface area contributed by atoms with E-state index in [2.05, 4.69) is 126 Å². The Hall–Kier alpha value is -6.13. The third-order valence-electron chi connectivity index (χ3n) is 8.55.